The highest BCUT2D eigenvalue weighted by Gasteiger charge is 2.51. The molecule has 2 atom stereocenters. The quantitative estimate of drug-likeness (QED) is 0.744. The van der Waals surface area contributed by atoms with Crippen molar-refractivity contribution in [1.29, 1.82) is 0 Å². The van der Waals surface area contributed by atoms with Crippen molar-refractivity contribution in [2.24, 2.45) is 11.3 Å². The van der Waals surface area contributed by atoms with E-state index in [0.717, 1.165) is 25.5 Å². The van der Waals surface area contributed by atoms with Crippen molar-refractivity contribution < 1.29 is 37.3 Å². The Kier molecular flexibility index (Phi) is 6.78. The molecule has 0 radical (unpaired) electrons. The van der Waals surface area contributed by atoms with Crippen LogP contribution >= 0.6 is 0 Å². The van der Waals surface area contributed by atoms with E-state index in [4.69, 9.17) is 24.1 Å². The summed E-state index contributed by atoms with van der Waals surface area (Å²) in [6.45, 7) is 3.78. The standard InChI is InChI=1S/C17H20N4O3.C2HF3O2/c1-22-16-6-14(19-12-20-16)21-7-13-8-23-10-17(13,9-21)11-24-15-4-2-3-5-18-15;3-2(4,5)1(6)7/h2-6,12-13H,7-11H2,1H3;(H,6,7)/t13-,17+;/m1./s1. The van der Waals surface area contributed by atoms with Gasteiger partial charge in [-0.1, -0.05) is 6.07 Å². The van der Waals surface area contributed by atoms with Gasteiger partial charge < -0.3 is 24.2 Å². The molecular formula is C19H21F3N4O5. The van der Waals surface area contributed by atoms with Gasteiger partial charge in [-0.3, -0.25) is 0 Å². The third-order valence-corrected chi connectivity index (χ3v) is 5.07. The van der Waals surface area contributed by atoms with Gasteiger partial charge in [0.1, 0.15) is 12.1 Å². The number of carboxylic acids is 1. The van der Waals surface area contributed by atoms with Gasteiger partial charge in [0.05, 0.1) is 32.3 Å². The van der Waals surface area contributed by atoms with Crippen molar-refractivity contribution in [3.63, 3.8) is 0 Å². The molecule has 9 nitrogen and oxygen atoms in total. The number of hydrogen-bond acceptors (Lipinski definition) is 8. The summed E-state index contributed by atoms with van der Waals surface area (Å²) in [6.07, 6.45) is -1.81. The van der Waals surface area contributed by atoms with Gasteiger partial charge in [-0.15, -0.1) is 0 Å². The molecule has 0 aromatic carbocycles. The molecule has 2 aromatic heterocycles. The molecule has 2 aliphatic heterocycles. The van der Waals surface area contributed by atoms with E-state index in [1.807, 2.05) is 24.3 Å². The number of hydrogen-bond donors (Lipinski definition) is 1. The summed E-state index contributed by atoms with van der Waals surface area (Å²) in [5.74, 6) is -0.227. The summed E-state index contributed by atoms with van der Waals surface area (Å²) in [5.41, 5.74) is -0.0320. The highest BCUT2D eigenvalue weighted by atomic mass is 19.4. The van der Waals surface area contributed by atoms with Crippen LogP contribution in [-0.4, -0.2) is 72.2 Å². The Morgan fingerprint density at radius 1 is 1.32 bits per heavy atom. The number of aromatic nitrogens is 3. The van der Waals surface area contributed by atoms with Crippen LogP contribution in [0.15, 0.2) is 36.8 Å². The highest BCUT2D eigenvalue weighted by Crippen LogP contribution is 2.43. The maximum Gasteiger partial charge on any atom is 0.490 e. The molecule has 2 aliphatic rings. The van der Waals surface area contributed by atoms with E-state index < -0.39 is 12.1 Å². The molecule has 4 rings (SSSR count). The Hall–Kier alpha value is -3.15. The average Bonchev–Trinajstić information content (AvgIpc) is 3.30. The van der Waals surface area contributed by atoms with Crippen molar-refractivity contribution in [2.45, 2.75) is 6.18 Å². The lowest BCUT2D eigenvalue weighted by atomic mass is 9.82. The van der Waals surface area contributed by atoms with E-state index in [1.54, 1.807) is 13.3 Å². The van der Waals surface area contributed by atoms with Crippen molar-refractivity contribution >= 4 is 11.8 Å². The number of pyridine rings is 1. The largest absolute Gasteiger partial charge is 0.490 e. The molecule has 0 spiro atoms. The Morgan fingerprint density at radius 2 is 2.10 bits per heavy atom. The Bertz CT molecular complexity index is 886. The van der Waals surface area contributed by atoms with Gasteiger partial charge in [0.25, 0.3) is 0 Å². The molecule has 0 bridgehead atoms. The molecule has 4 heterocycles. The summed E-state index contributed by atoms with van der Waals surface area (Å²) >= 11 is 0. The Balaban J connectivity index is 0.000000339. The first-order valence-electron chi connectivity index (χ1n) is 9.26. The van der Waals surface area contributed by atoms with Crippen LogP contribution in [0, 0.1) is 11.3 Å². The molecule has 0 aliphatic carbocycles. The number of nitrogens with zero attached hydrogens (tertiary/aromatic N) is 4. The number of methoxy groups -OCH3 is 1. The normalized spacial score (nSPS) is 22.3. The minimum Gasteiger partial charge on any atom is -0.481 e. The highest BCUT2D eigenvalue weighted by molar-refractivity contribution is 5.73. The van der Waals surface area contributed by atoms with E-state index in [0.29, 0.717) is 30.9 Å². The molecule has 0 amide bonds. The third-order valence-electron chi connectivity index (χ3n) is 5.07. The summed E-state index contributed by atoms with van der Waals surface area (Å²) in [4.78, 5) is 23.9. The lowest BCUT2D eigenvalue weighted by molar-refractivity contribution is -0.192. The lowest BCUT2D eigenvalue weighted by Gasteiger charge is -2.27. The molecule has 12 heteroatoms. The van der Waals surface area contributed by atoms with Crippen molar-refractivity contribution in [2.75, 3.05) is 44.9 Å². The SMILES string of the molecule is COc1cc(N2C[C@@H]3COC[C@]3(COc3ccccn3)C2)ncn1.O=C(O)C(F)(F)F. The van der Waals surface area contributed by atoms with Crippen LogP contribution in [0.25, 0.3) is 0 Å². The smallest absolute Gasteiger partial charge is 0.481 e. The first kappa shape index (κ1) is 22.5. The van der Waals surface area contributed by atoms with Gasteiger partial charge in [-0.2, -0.15) is 13.2 Å². The monoisotopic (exact) mass is 442 g/mol. The predicted molar refractivity (Wildman–Crippen MR) is 101 cm³/mol. The molecule has 168 valence electrons. The number of halogens is 3. The van der Waals surface area contributed by atoms with Gasteiger partial charge in [-0.25, -0.2) is 19.7 Å². The van der Waals surface area contributed by atoms with Crippen LogP contribution in [0.4, 0.5) is 19.0 Å². The number of anilines is 1. The van der Waals surface area contributed by atoms with Gasteiger partial charge in [-0.05, 0) is 6.07 Å². The molecule has 2 fully saturated rings. The molecule has 0 saturated carbocycles. The van der Waals surface area contributed by atoms with Crippen LogP contribution in [0.1, 0.15) is 0 Å². The number of ether oxygens (including phenoxy) is 3. The Labute approximate surface area is 175 Å². The summed E-state index contributed by atoms with van der Waals surface area (Å²) in [5, 5.41) is 7.12. The number of rotatable bonds is 5. The predicted octanol–water partition coefficient (Wildman–Crippen LogP) is 2.05. The van der Waals surface area contributed by atoms with Crippen molar-refractivity contribution in [3.05, 3.63) is 36.8 Å². The zero-order valence-corrected chi connectivity index (χ0v) is 16.6. The molecule has 2 aromatic rings. The fourth-order valence-corrected chi connectivity index (χ4v) is 3.48. The first-order valence-corrected chi connectivity index (χ1v) is 9.26. The van der Waals surface area contributed by atoms with Crippen LogP contribution in [0.5, 0.6) is 11.8 Å². The van der Waals surface area contributed by atoms with Crippen LogP contribution in [-0.2, 0) is 9.53 Å². The summed E-state index contributed by atoms with van der Waals surface area (Å²) in [6, 6.07) is 7.56. The van der Waals surface area contributed by atoms with E-state index in [2.05, 4.69) is 19.9 Å². The molecule has 0 unspecified atom stereocenters. The van der Waals surface area contributed by atoms with E-state index >= 15 is 0 Å². The van der Waals surface area contributed by atoms with Gasteiger partial charge in [0, 0.05) is 37.3 Å². The van der Waals surface area contributed by atoms with E-state index in [9.17, 15) is 13.2 Å². The first-order chi connectivity index (χ1) is 14.7. The fraction of sp³-hybridized carbons (Fsp3) is 0.474. The summed E-state index contributed by atoms with van der Waals surface area (Å²) in [7, 11) is 1.61. The van der Waals surface area contributed by atoms with Gasteiger partial charge in [0.2, 0.25) is 11.8 Å². The number of aliphatic carboxylic acids is 1. The summed E-state index contributed by atoms with van der Waals surface area (Å²) < 4.78 is 48.6. The molecule has 1 N–H and O–H groups in total. The third kappa shape index (κ3) is 5.51. The minimum atomic E-state index is -5.08. The van der Waals surface area contributed by atoms with Crippen LogP contribution < -0.4 is 14.4 Å². The molecule has 31 heavy (non-hydrogen) atoms. The fourth-order valence-electron chi connectivity index (χ4n) is 3.48. The second kappa shape index (κ2) is 9.33. The molecule has 2 saturated heterocycles. The van der Waals surface area contributed by atoms with E-state index in [-0.39, 0.29) is 5.41 Å². The zero-order valence-electron chi connectivity index (χ0n) is 16.6. The maximum atomic E-state index is 10.6. The second-order valence-corrected chi connectivity index (χ2v) is 7.13. The number of carbonyl (C=O) groups is 1. The van der Waals surface area contributed by atoms with Crippen LogP contribution in [0.2, 0.25) is 0 Å². The maximum absolute atomic E-state index is 10.6. The minimum absolute atomic E-state index is 0.0320. The van der Waals surface area contributed by atoms with Crippen LogP contribution in [0.3, 0.4) is 0 Å². The number of alkyl halides is 3. The average molecular weight is 442 g/mol. The number of fused-ring (bicyclic) bond motifs is 1. The Morgan fingerprint density at radius 3 is 2.74 bits per heavy atom. The number of carboxylic acid groups (broad SMARTS) is 1. The second-order valence-electron chi connectivity index (χ2n) is 7.13. The zero-order chi connectivity index (χ0) is 22.5. The lowest BCUT2D eigenvalue weighted by Crippen LogP contribution is -2.37. The topological polar surface area (TPSA) is 107 Å². The van der Waals surface area contributed by atoms with Gasteiger partial charge >= 0.3 is 12.1 Å². The van der Waals surface area contributed by atoms with E-state index in [1.165, 1.54) is 6.33 Å². The molecular weight excluding hydrogens is 421 g/mol. The van der Waals surface area contributed by atoms with Crippen molar-refractivity contribution in [1.82, 2.24) is 15.0 Å². The van der Waals surface area contributed by atoms with Gasteiger partial charge in [0.15, 0.2) is 0 Å². The van der Waals surface area contributed by atoms with Crippen molar-refractivity contribution in [3.8, 4) is 11.8 Å².